The van der Waals surface area contributed by atoms with Crippen LogP contribution in [0.3, 0.4) is 0 Å². The molecule has 1 aliphatic heterocycles. The predicted octanol–water partition coefficient (Wildman–Crippen LogP) is 4.64. The van der Waals surface area contributed by atoms with Crippen molar-refractivity contribution in [3.05, 3.63) is 83.8 Å². The summed E-state index contributed by atoms with van der Waals surface area (Å²) in [5.74, 6) is 0.404. The Bertz CT molecular complexity index is 1380. The molecular weight excluding hydrogens is 466 g/mol. The largest absolute Gasteiger partial charge is 0.504 e. The van der Waals surface area contributed by atoms with Gasteiger partial charge in [-0.1, -0.05) is 18.2 Å². The molecule has 1 saturated heterocycles. The van der Waals surface area contributed by atoms with E-state index in [0.29, 0.717) is 34.5 Å². The van der Waals surface area contributed by atoms with Gasteiger partial charge in [0.2, 0.25) is 0 Å². The highest BCUT2D eigenvalue weighted by Gasteiger charge is 2.15. The minimum absolute atomic E-state index is 0.0181. The number of pyridine rings is 2. The first-order valence-corrected chi connectivity index (χ1v) is 12.4. The van der Waals surface area contributed by atoms with E-state index >= 15 is 0 Å². The molecule has 1 fully saturated rings. The van der Waals surface area contributed by atoms with Crippen LogP contribution in [0.15, 0.2) is 67.0 Å². The third-order valence-electron chi connectivity index (χ3n) is 6.38. The molecule has 8 nitrogen and oxygen atoms in total. The molecular formula is C29H29N5O3. The number of nitrogens with one attached hydrogen (secondary N) is 1. The summed E-state index contributed by atoms with van der Waals surface area (Å²) < 4.78 is 11.3. The zero-order valence-corrected chi connectivity index (χ0v) is 20.6. The number of phenols is 1. The molecule has 0 bridgehead atoms. The molecule has 2 aromatic carbocycles. The molecule has 1 aliphatic rings. The van der Waals surface area contributed by atoms with Crippen LogP contribution in [-0.4, -0.2) is 59.4 Å². The van der Waals surface area contributed by atoms with Gasteiger partial charge in [-0.3, -0.25) is 14.9 Å². The number of phenolic OH excluding ortho intramolecular Hbond substituents is 1. The SMILES string of the molecule is N#Cc1cnc2cc(OCCCN3CCOCC3)c(O)cc2c1Nc1ccc(Cc2ccccn2)cc1. The Kier molecular flexibility index (Phi) is 7.75. The topological polar surface area (TPSA) is 104 Å². The van der Waals surface area contributed by atoms with Gasteiger partial charge in [-0.05, 0) is 42.3 Å². The molecule has 0 radical (unpaired) electrons. The first kappa shape index (κ1) is 24.5. The lowest BCUT2D eigenvalue weighted by atomic mass is 10.1. The van der Waals surface area contributed by atoms with Crippen molar-refractivity contribution < 1.29 is 14.6 Å². The van der Waals surface area contributed by atoms with E-state index < -0.39 is 0 Å². The summed E-state index contributed by atoms with van der Waals surface area (Å²) in [5, 5.41) is 24.4. The average molecular weight is 496 g/mol. The first-order valence-electron chi connectivity index (χ1n) is 12.4. The highest BCUT2D eigenvalue weighted by atomic mass is 16.5. The molecule has 0 unspecified atom stereocenters. The van der Waals surface area contributed by atoms with E-state index in [4.69, 9.17) is 9.47 Å². The summed E-state index contributed by atoms with van der Waals surface area (Å²) in [5.41, 5.74) is 4.59. The van der Waals surface area contributed by atoms with Gasteiger partial charge in [-0.2, -0.15) is 5.26 Å². The molecule has 37 heavy (non-hydrogen) atoms. The molecule has 188 valence electrons. The van der Waals surface area contributed by atoms with Gasteiger partial charge in [-0.25, -0.2) is 0 Å². The Morgan fingerprint density at radius 1 is 1.08 bits per heavy atom. The standard InChI is InChI=1S/C29H29N5O3/c30-19-22-20-32-26-18-28(37-13-3-10-34-11-14-36-15-12-34)27(35)17-25(26)29(22)33-23-7-5-21(6-8-23)16-24-4-1-2-9-31-24/h1-2,4-9,17-18,20,35H,3,10-16H2,(H,32,33). The van der Waals surface area contributed by atoms with Crippen molar-refractivity contribution >= 4 is 22.3 Å². The molecule has 0 amide bonds. The van der Waals surface area contributed by atoms with E-state index in [1.165, 1.54) is 0 Å². The number of aromatic nitrogens is 2. The summed E-state index contributed by atoms with van der Waals surface area (Å²) in [7, 11) is 0. The van der Waals surface area contributed by atoms with E-state index in [9.17, 15) is 10.4 Å². The summed E-state index contributed by atoms with van der Waals surface area (Å²) in [4.78, 5) is 11.2. The second-order valence-electron chi connectivity index (χ2n) is 8.97. The van der Waals surface area contributed by atoms with Gasteiger partial charge in [0.1, 0.15) is 6.07 Å². The Hall–Kier alpha value is -4.19. The average Bonchev–Trinajstić information content (AvgIpc) is 2.94. The zero-order chi connectivity index (χ0) is 25.5. The number of ether oxygens (including phenoxy) is 2. The van der Waals surface area contributed by atoms with Crippen molar-refractivity contribution in [3.8, 4) is 17.6 Å². The highest BCUT2D eigenvalue weighted by Crippen LogP contribution is 2.36. The van der Waals surface area contributed by atoms with Gasteiger partial charge in [-0.15, -0.1) is 0 Å². The van der Waals surface area contributed by atoms with Crippen LogP contribution < -0.4 is 10.1 Å². The number of hydrogen-bond acceptors (Lipinski definition) is 8. The molecule has 0 atom stereocenters. The molecule has 5 rings (SSSR count). The normalized spacial score (nSPS) is 13.8. The van der Waals surface area contributed by atoms with E-state index in [-0.39, 0.29) is 5.75 Å². The third-order valence-corrected chi connectivity index (χ3v) is 6.38. The third kappa shape index (κ3) is 6.15. The van der Waals surface area contributed by atoms with Gasteiger partial charge < -0.3 is 19.9 Å². The van der Waals surface area contributed by atoms with Gasteiger partial charge in [0, 0.05) is 61.3 Å². The maximum atomic E-state index is 10.7. The van der Waals surface area contributed by atoms with Gasteiger partial charge in [0.05, 0.1) is 36.6 Å². The summed E-state index contributed by atoms with van der Waals surface area (Å²) in [6.07, 6.45) is 4.92. The second kappa shape index (κ2) is 11.7. The molecule has 0 aliphatic carbocycles. The molecule has 2 N–H and O–H groups in total. The van der Waals surface area contributed by atoms with Crippen molar-refractivity contribution in [2.75, 3.05) is 44.8 Å². The number of rotatable bonds is 9. The Balaban J connectivity index is 1.30. The summed E-state index contributed by atoms with van der Waals surface area (Å²) >= 11 is 0. The summed E-state index contributed by atoms with van der Waals surface area (Å²) in [6, 6.07) is 19.4. The van der Waals surface area contributed by atoms with Crippen LogP contribution >= 0.6 is 0 Å². The molecule has 8 heteroatoms. The van der Waals surface area contributed by atoms with Crippen molar-refractivity contribution in [2.45, 2.75) is 12.8 Å². The quantitative estimate of drug-likeness (QED) is 0.324. The number of benzene rings is 2. The molecule has 2 aromatic heterocycles. The van der Waals surface area contributed by atoms with Crippen molar-refractivity contribution in [3.63, 3.8) is 0 Å². The Morgan fingerprint density at radius 2 is 1.92 bits per heavy atom. The number of fused-ring (bicyclic) bond motifs is 1. The van der Waals surface area contributed by atoms with Crippen molar-refractivity contribution in [1.29, 1.82) is 5.26 Å². The number of nitrogens with zero attached hydrogens (tertiary/aromatic N) is 4. The lowest BCUT2D eigenvalue weighted by Gasteiger charge is -2.26. The van der Waals surface area contributed by atoms with Crippen LogP contribution in [-0.2, 0) is 11.2 Å². The van der Waals surface area contributed by atoms with Crippen LogP contribution in [0.25, 0.3) is 10.9 Å². The molecule has 4 aromatic rings. The van der Waals surface area contributed by atoms with Crippen LogP contribution in [0.2, 0.25) is 0 Å². The fraction of sp³-hybridized carbons (Fsp3) is 0.276. The van der Waals surface area contributed by atoms with E-state index in [0.717, 1.165) is 62.6 Å². The Labute approximate surface area is 216 Å². The van der Waals surface area contributed by atoms with Gasteiger partial charge >= 0.3 is 0 Å². The second-order valence-corrected chi connectivity index (χ2v) is 8.97. The van der Waals surface area contributed by atoms with Gasteiger partial charge in [0.25, 0.3) is 0 Å². The van der Waals surface area contributed by atoms with Crippen LogP contribution in [0, 0.1) is 11.3 Å². The lowest BCUT2D eigenvalue weighted by Crippen LogP contribution is -2.37. The molecule has 3 heterocycles. The highest BCUT2D eigenvalue weighted by molar-refractivity contribution is 5.97. The minimum Gasteiger partial charge on any atom is -0.504 e. The maximum absolute atomic E-state index is 10.7. The van der Waals surface area contributed by atoms with Crippen LogP contribution in [0.5, 0.6) is 11.5 Å². The smallest absolute Gasteiger partial charge is 0.163 e. The van der Waals surface area contributed by atoms with Crippen LogP contribution in [0.4, 0.5) is 11.4 Å². The molecule has 0 spiro atoms. The first-order chi connectivity index (χ1) is 18.2. The number of anilines is 2. The zero-order valence-electron chi connectivity index (χ0n) is 20.6. The van der Waals surface area contributed by atoms with E-state index in [1.54, 1.807) is 24.5 Å². The van der Waals surface area contributed by atoms with Crippen molar-refractivity contribution in [2.24, 2.45) is 0 Å². The predicted molar refractivity (Wildman–Crippen MR) is 142 cm³/mol. The fourth-order valence-corrected chi connectivity index (χ4v) is 4.40. The minimum atomic E-state index is 0.0181. The van der Waals surface area contributed by atoms with Crippen LogP contribution in [0.1, 0.15) is 23.2 Å². The summed E-state index contributed by atoms with van der Waals surface area (Å²) in [6.45, 7) is 4.84. The number of nitriles is 1. The number of aromatic hydroxyl groups is 1. The maximum Gasteiger partial charge on any atom is 0.163 e. The fourth-order valence-electron chi connectivity index (χ4n) is 4.40. The monoisotopic (exact) mass is 495 g/mol. The number of hydrogen-bond donors (Lipinski definition) is 2. The van der Waals surface area contributed by atoms with Gasteiger partial charge in [0.15, 0.2) is 11.5 Å². The van der Waals surface area contributed by atoms with E-state index in [2.05, 4.69) is 26.3 Å². The lowest BCUT2D eigenvalue weighted by molar-refractivity contribution is 0.0357. The van der Waals surface area contributed by atoms with Crippen molar-refractivity contribution in [1.82, 2.24) is 14.9 Å². The molecule has 0 saturated carbocycles. The number of morpholine rings is 1. The van der Waals surface area contributed by atoms with E-state index in [1.807, 2.05) is 42.5 Å². The Morgan fingerprint density at radius 3 is 2.68 bits per heavy atom.